The highest BCUT2D eigenvalue weighted by molar-refractivity contribution is 8.22. The van der Waals surface area contributed by atoms with E-state index in [4.69, 9.17) is 5.73 Å². The summed E-state index contributed by atoms with van der Waals surface area (Å²) in [6, 6.07) is 7.30. The number of benzene rings is 1. The van der Waals surface area contributed by atoms with Gasteiger partial charge in [-0.1, -0.05) is 24.3 Å². The van der Waals surface area contributed by atoms with Crippen molar-refractivity contribution in [3.8, 4) is 0 Å². The second kappa shape index (κ2) is 5.52. The third kappa shape index (κ3) is 2.35. The molecule has 0 aliphatic carbocycles. The number of aromatic nitrogens is 1. The highest BCUT2D eigenvalue weighted by atomic mass is 32.2. The van der Waals surface area contributed by atoms with Crippen LogP contribution in [-0.2, 0) is 0 Å². The Morgan fingerprint density at radius 3 is 2.65 bits per heavy atom. The van der Waals surface area contributed by atoms with Crippen molar-refractivity contribution in [2.75, 3.05) is 4.90 Å². The summed E-state index contributed by atoms with van der Waals surface area (Å²) >= 11 is 1.39. The number of para-hydroxylation sites is 1. The number of carbonyl (C=O) groups is 1. The fraction of sp³-hybridized carbons (Fsp3) is 0. The molecule has 2 amide bonds. The number of nitrogens with two attached hydrogens (primary N) is 1. The maximum absolute atomic E-state index is 11.9. The van der Waals surface area contributed by atoms with Crippen LogP contribution in [-0.4, -0.2) is 11.0 Å². The molecule has 0 saturated carbocycles. The lowest BCUT2D eigenvalue weighted by Gasteiger charge is -2.23. The van der Waals surface area contributed by atoms with E-state index in [1.807, 2.05) is 41.8 Å². The number of primary amides is 1. The van der Waals surface area contributed by atoms with Crippen molar-refractivity contribution in [1.29, 1.82) is 0 Å². The Hall–Kier alpha value is -2.05. The van der Waals surface area contributed by atoms with E-state index in [-0.39, 0.29) is 0 Å². The standard InChI is InChI=1S/C14H13N3OS2/c15-13(18)17(14-16-7-8-19-14)11-5-1-2-6-12(11)20-9-3-4-10-20/h1-10,20H,(H2,15,18). The summed E-state index contributed by atoms with van der Waals surface area (Å²) in [5.74, 6) is 0. The van der Waals surface area contributed by atoms with E-state index in [1.165, 1.54) is 16.2 Å². The van der Waals surface area contributed by atoms with Crippen molar-refractivity contribution in [3.63, 3.8) is 0 Å². The molecule has 0 saturated heterocycles. The van der Waals surface area contributed by atoms with E-state index in [0.717, 1.165) is 10.6 Å². The highest BCUT2D eigenvalue weighted by Crippen LogP contribution is 2.48. The summed E-state index contributed by atoms with van der Waals surface area (Å²) in [6.07, 6.45) is 5.72. The van der Waals surface area contributed by atoms with Crippen molar-refractivity contribution < 1.29 is 4.79 Å². The highest BCUT2D eigenvalue weighted by Gasteiger charge is 2.21. The first-order valence-electron chi connectivity index (χ1n) is 5.99. The molecule has 0 unspecified atom stereocenters. The summed E-state index contributed by atoms with van der Waals surface area (Å²) in [4.78, 5) is 18.6. The molecule has 2 aromatic rings. The van der Waals surface area contributed by atoms with Crippen molar-refractivity contribution in [2.24, 2.45) is 5.73 Å². The number of hydrogen-bond acceptors (Lipinski definition) is 3. The predicted octanol–water partition coefficient (Wildman–Crippen LogP) is 3.76. The van der Waals surface area contributed by atoms with E-state index < -0.39 is 16.9 Å². The topological polar surface area (TPSA) is 59.2 Å². The summed E-state index contributed by atoms with van der Waals surface area (Å²) < 4.78 is 0. The Labute approximate surface area is 123 Å². The fourth-order valence-corrected chi connectivity index (χ4v) is 4.36. The maximum atomic E-state index is 11.9. The lowest BCUT2D eigenvalue weighted by Crippen LogP contribution is -2.31. The van der Waals surface area contributed by atoms with Crippen LogP contribution in [0.5, 0.6) is 0 Å². The molecule has 0 spiro atoms. The van der Waals surface area contributed by atoms with Gasteiger partial charge < -0.3 is 5.73 Å². The van der Waals surface area contributed by atoms with Gasteiger partial charge in [-0.2, -0.15) is 10.9 Å². The van der Waals surface area contributed by atoms with Gasteiger partial charge in [-0.25, -0.2) is 14.7 Å². The summed E-state index contributed by atoms with van der Waals surface area (Å²) in [6.45, 7) is 0. The number of urea groups is 1. The number of thiazole rings is 1. The van der Waals surface area contributed by atoms with Crippen LogP contribution in [0.15, 0.2) is 63.7 Å². The number of amides is 2. The first-order valence-corrected chi connectivity index (χ1v) is 8.35. The first-order chi connectivity index (χ1) is 9.77. The monoisotopic (exact) mass is 303 g/mol. The quantitative estimate of drug-likeness (QED) is 0.848. The zero-order valence-electron chi connectivity index (χ0n) is 10.5. The zero-order valence-corrected chi connectivity index (χ0v) is 12.2. The van der Waals surface area contributed by atoms with Crippen molar-refractivity contribution >= 4 is 39.1 Å². The Balaban J connectivity index is 2.10. The van der Waals surface area contributed by atoms with Gasteiger partial charge in [0.1, 0.15) is 0 Å². The van der Waals surface area contributed by atoms with E-state index in [1.54, 1.807) is 6.20 Å². The zero-order chi connectivity index (χ0) is 13.9. The van der Waals surface area contributed by atoms with Gasteiger partial charge in [-0.05, 0) is 22.9 Å². The van der Waals surface area contributed by atoms with Crippen molar-refractivity contribution in [1.82, 2.24) is 4.98 Å². The summed E-state index contributed by atoms with van der Waals surface area (Å²) in [5, 5.41) is 6.71. The average molecular weight is 303 g/mol. The molecule has 0 fully saturated rings. The molecule has 6 heteroatoms. The molecule has 1 aromatic heterocycles. The molecule has 4 nitrogen and oxygen atoms in total. The van der Waals surface area contributed by atoms with Gasteiger partial charge in [-0.3, -0.25) is 0 Å². The minimum Gasteiger partial charge on any atom is -0.351 e. The summed E-state index contributed by atoms with van der Waals surface area (Å²) in [7, 11) is -0.528. The SMILES string of the molecule is NC(=O)N(c1nccs1)c1ccccc1[SH]1C=CC=C1. The van der Waals surface area contributed by atoms with E-state index in [9.17, 15) is 4.79 Å². The van der Waals surface area contributed by atoms with Gasteiger partial charge in [0.05, 0.1) is 5.69 Å². The summed E-state index contributed by atoms with van der Waals surface area (Å²) in [5.41, 5.74) is 6.36. The molecule has 0 radical (unpaired) electrons. The average Bonchev–Trinajstić information content (AvgIpc) is 3.12. The predicted molar refractivity (Wildman–Crippen MR) is 85.8 cm³/mol. The second-order valence-corrected chi connectivity index (χ2v) is 6.83. The molecule has 102 valence electrons. The molecular weight excluding hydrogens is 290 g/mol. The minimum atomic E-state index is -0.528. The van der Waals surface area contributed by atoms with Crippen molar-refractivity contribution in [2.45, 2.75) is 4.90 Å². The van der Waals surface area contributed by atoms with Crippen LogP contribution in [0, 0.1) is 0 Å². The van der Waals surface area contributed by atoms with Crippen LogP contribution in [0.4, 0.5) is 15.6 Å². The van der Waals surface area contributed by atoms with Crippen LogP contribution >= 0.6 is 22.2 Å². The molecule has 1 aliphatic rings. The number of nitrogens with zero attached hydrogens (tertiary/aromatic N) is 2. The number of allylic oxidation sites excluding steroid dienone is 2. The number of anilines is 2. The van der Waals surface area contributed by atoms with Gasteiger partial charge in [-0.15, -0.1) is 11.3 Å². The molecule has 20 heavy (non-hydrogen) atoms. The lowest BCUT2D eigenvalue weighted by molar-refractivity contribution is 0.256. The minimum absolute atomic E-state index is 0.519. The fourth-order valence-electron chi connectivity index (χ4n) is 2.01. The van der Waals surface area contributed by atoms with Crippen LogP contribution in [0.1, 0.15) is 0 Å². The first kappa shape index (κ1) is 13.0. The van der Waals surface area contributed by atoms with Crippen LogP contribution in [0.25, 0.3) is 0 Å². The molecule has 0 atom stereocenters. The normalized spacial score (nSPS) is 14.7. The Bertz CT molecular complexity index is 667. The lowest BCUT2D eigenvalue weighted by atomic mass is 10.3. The maximum Gasteiger partial charge on any atom is 0.325 e. The molecule has 0 bridgehead atoms. The van der Waals surface area contributed by atoms with Gasteiger partial charge in [0, 0.05) is 16.5 Å². The van der Waals surface area contributed by atoms with Gasteiger partial charge >= 0.3 is 6.03 Å². The number of carbonyl (C=O) groups excluding carboxylic acids is 1. The van der Waals surface area contributed by atoms with Crippen LogP contribution in [0.3, 0.4) is 0 Å². The Morgan fingerprint density at radius 2 is 2.00 bits per heavy atom. The molecule has 3 rings (SSSR count). The third-order valence-corrected chi connectivity index (χ3v) is 5.51. The Morgan fingerprint density at radius 1 is 1.25 bits per heavy atom. The largest absolute Gasteiger partial charge is 0.351 e. The second-order valence-electron chi connectivity index (χ2n) is 4.07. The van der Waals surface area contributed by atoms with Crippen LogP contribution < -0.4 is 10.6 Å². The number of thiol groups is 1. The molecule has 1 aliphatic heterocycles. The molecule has 1 aromatic carbocycles. The molecule has 2 N–H and O–H groups in total. The van der Waals surface area contributed by atoms with Crippen molar-refractivity contribution in [3.05, 3.63) is 58.8 Å². The van der Waals surface area contributed by atoms with Crippen LogP contribution in [0.2, 0.25) is 0 Å². The Kier molecular flexibility index (Phi) is 3.58. The molecule has 2 heterocycles. The van der Waals surface area contributed by atoms with Gasteiger partial charge in [0.25, 0.3) is 0 Å². The third-order valence-electron chi connectivity index (χ3n) is 2.84. The van der Waals surface area contributed by atoms with Gasteiger partial charge in [0.15, 0.2) is 5.13 Å². The van der Waals surface area contributed by atoms with E-state index in [0.29, 0.717) is 5.13 Å². The van der Waals surface area contributed by atoms with E-state index in [2.05, 4.69) is 15.8 Å². The van der Waals surface area contributed by atoms with E-state index >= 15 is 0 Å². The molecular formula is C14H13N3OS2. The number of rotatable bonds is 3. The smallest absolute Gasteiger partial charge is 0.325 e. The number of hydrogen-bond donors (Lipinski definition) is 2. The van der Waals surface area contributed by atoms with Gasteiger partial charge in [0.2, 0.25) is 0 Å².